The van der Waals surface area contributed by atoms with E-state index >= 15 is 0 Å². The molecule has 1 aliphatic heterocycles. The van der Waals surface area contributed by atoms with Crippen LogP contribution in [0.2, 0.25) is 0 Å². The van der Waals surface area contributed by atoms with Gasteiger partial charge in [0.25, 0.3) is 0 Å². The fraction of sp³-hybridized carbons (Fsp3) is 0.278. The first kappa shape index (κ1) is 17.8. The minimum atomic E-state index is -4.33. The van der Waals surface area contributed by atoms with Crippen LogP contribution in [0.1, 0.15) is 23.6 Å². The maximum atomic E-state index is 12.8. The summed E-state index contributed by atoms with van der Waals surface area (Å²) in [6.45, 7) is 1.85. The van der Waals surface area contributed by atoms with Gasteiger partial charge in [-0.15, -0.1) is 12.4 Å². The van der Waals surface area contributed by atoms with Gasteiger partial charge in [0, 0.05) is 17.8 Å². The predicted octanol–water partition coefficient (Wildman–Crippen LogP) is 4.54. The smallest absolute Gasteiger partial charge is 0.316 e. The number of hydrogen-bond acceptors (Lipinski definition) is 2. The molecule has 1 aliphatic rings. The Bertz CT molecular complexity index is 865. The normalized spacial score (nSPS) is 17.6. The Morgan fingerprint density at radius 2 is 1.76 bits per heavy atom. The van der Waals surface area contributed by atoms with E-state index in [0.29, 0.717) is 11.6 Å². The molecule has 3 nitrogen and oxygen atoms in total. The summed E-state index contributed by atoms with van der Waals surface area (Å²) in [6.07, 6.45) is -3.31. The largest absolute Gasteiger partial charge is 0.416 e. The van der Waals surface area contributed by atoms with Crippen molar-refractivity contribution >= 4 is 23.3 Å². The Morgan fingerprint density at radius 3 is 2.40 bits per heavy atom. The molecule has 25 heavy (non-hydrogen) atoms. The molecule has 1 saturated heterocycles. The highest BCUT2D eigenvalue weighted by Crippen LogP contribution is 2.32. The average Bonchev–Trinajstić information content (AvgIpc) is 3.21. The molecule has 0 saturated carbocycles. The summed E-state index contributed by atoms with van der Waals surface area (Å²) in [7, 11) is 0. The van der Waals surface area contributed by atoms with Crippen LogP contribution in [0.3, 0.4) is 0 Å². The van der Waals surface area contributed by atoms with Crippen molar-refractivity contribution in [1.29, 1.82) is 0 Å². The molecule has 2 aromatic carbocycles. The molecular weight excluding hydrogens is 351 g/mol. The number of aromatic nitrogens is 2. The summed E-state index contributed by atoms with van der Waals surface area (Å²) in [5.41, 5.74) is 1.91. The Morgan fingerprint density at radius 1 is 1.04 bits per heavy atom. The molecule has 1 aromatic heterocycles. The molecule has 0 amide bonds. The summed E-state index contributed by atoms with van der Waals surface area (Å²) < 4.78 is 40.0. The van der Waals surface area contributed by atoms with Crippen LogP contribution in [0.5, 0.6) is 0 Å². The minimum Gasteiger partial charge on any atom is -0.316 e. The molecule has 3 aromatic rings. The van der Waals surface area contributed by atoms with Gasteiger partial charge in [-0.3, -0.25) is 0 Å². The SMILES string of the molecule is Cl.FC(F)(F)c1ccc(-n2nc(C3CCNC3)c3ccccc32)cc1. The van der Waals surface area contributed by atoms with E-state index in [2.05, 4.69) is 5.32 Å². The second-order valence-electron chi connectivity index (χ2n) is 6.05. The van der Waals surface area contributed by atoms with Gasteiger partial charge in [-0.2, -0.15) is 18.3 Å². The van der Waals surface area contributed by atoms with Crippen molar-refractivity contribution in [2.75, 3.05) is 13.1 Å². The molecular formula is C18H17ClF3N3. The molecule has 1 unspecified atom stereocenters. The van der Waals surface area contributed by atoms with Gasteiger partial charge in [-0.25, -0.2) is 4.68 Å². The van der Waals surface area contributed by atoms with E-state index in [1.165, 1.54) is 12.1 Å². The van der Waals surface area contributed by atoms with Crippen molar-refractivity contribution in [1.82, 2.24) is 15.1 Å². The molecule has 2 heterocycles. The first-order chi connectivity index (χ1) is 11.5. The Balaban J connectivity index is 0.00000182. The van der Waals surface area contributed by atoms with Crippen molar-refractivity contribution in [2.24, 2.45) is 0 Å². The molecule has 1 N–H and O–H groups in total. The highest BCUT2D eigenvalue weighted by atomic mass is 35.5. The standard InChI is InChI=1S/C18H16F3N3.ClH/c19-18(20,21)13-5-7-14(8-6-13)24-16-4-2-1-3-15(16)17(23-24)12-9-10-22-11-12;/h1-8,12,22H,9-11H2;1H. The van der Waals surface area contributed by atoms with Crippen LogP contribution < -0.4 is 5.32 Å². The predicted molar refractivity (Wildman–Crippen MR) is 93.5 cm³/mol. The first-order valence-electron chi connectivity index (χ1n) is 7.90. The van der Waals surface area contributed by atoms with Crippen LogP contribution in [0.25, 0.3) is 16.6 Å². The van der Waals surface area contributed by atoms with Gasteiger partial charge in [0.05, 0.1) is 22.5 Å². The van der Waals surface area contributed by atoms with Gasteiger partial charge in [0.15, 0.2) is 0 Å². The van der Waals surface area contributed by atoms with Gasteiger partial charge in [-0.05, 0) is 43.3 Å². The van der Waals surface area contributed by atoms with E-state index in [1.807, 2.05) is 24.3 Å². The number of para-hydroxylation sites is 1. The van der Waals surface area contributed by atoms with Gasteiger partial charge >= 0.3 is 6.18 Å². The maximum absolute atomic E-state index is 12.8. The highest BCUT2D eigenvalue weighted by molar-refractivity contribution is 5.85. The van der Waals surface area contributed by atoms with E-state index in [9.17, 15) is 13.2 Å². The van der Waals surface area contributed by atoms with Crippen molar-refractivity contribution in [3.63, 3.8) is 0 Å². The number of nitrogens with zero attached hydrogens (tertiary/aromatic N) is 2. The van der Waals surface area contributed by atoms with Crippen molar-refractivity contribution in [2.45, 2.75) is 18.5 Å². The summed E-state index contributed by atoms with van der Waals surface area (Å²) in [5.74, 6) is 0.339. The minimum absolute atomic E-state index is 0. The number of benzene rings is 2. The summed E-state index contributed by atoms with van der Waals surface area (Å²) >= 11 is 0. The molecule has 132 valence electrons. The Hall–Kier alpha value is -2.05. The number of nitrogens with one attached hydrogen (secondary N) is 1. The fourth-order valence-corrected chi connectivity index (χ4v) is 3.27. The van der Waals surface area contributed by atoms with Gasteiger partial charge in [0.2, 0.25) is 0 Å². The Kier molecular flexibility index (Phi) is 4.75. The average molecular weight is 368 g/mol. The molecule has 7 heteroatoms. The van der Waals surface area contributed by atoms with E-state index in [4.69, 9.17) is 5.10 Å². The third kappa shape index (κ3) is 3.24. The fourth-order valence-electron chi connectivity index (χ4n) is 3.27. The molecule has 1 fully saturated rings. The van der Waals surface area contributed by atoms with E-state index in [0.717, 1.165) is 48.2 Å². The lowest BCUT2D eigenvalue weighted by Gasteiger charge is -2.08. The van der Waals surface area contributed by atoms with Crippen LogP contribution in [0, 0.1) is 0 Å². The topological polar surface area (TPSA) is 29.9 Å². The zero-order valence-electron chi connectivity index (χ0n) is 13.3. The van der Waals surface area contributed by atoms with Crippen molar-refractivity contribution in [3.8, 4) is 5.69 Å². The van der Waals surface area contributed by atoms with Crippen LogP contribution in [-0.4, -0.2) is 22.9 Å². The molecule has 0 aliphatic carbocycles. The number of halogens is 4. The number of alkyl halides is 3. The van der Waals surface area contributed by atoms with Gasteiger partial charge < -0.3 is 5.32 Å². The maximum Gasteiger partial charge on any atom is 0.416 e. The lowest BCUT2D eigenvalue weighted by atomic mass is 10.0. The van der Waals surface area contributed by atoms with Crippen molar-refractivity contribution in [3.05, 3.63) is 59.8 Å². The third-order valence-corrected chi connectivity index (χ3v) is 4.50. The van der Waals surface area contributed by atoms with Gasteiger partial charge in [0.1, 0.15) is 0 Å². The monoisotopic (exact) mass is 367 g/mol. The molecule has 0 bridgehead atoms. The lowest BCUT2D eigenvalue weighted by molar-refractivity contribution is -0.137. The third-order valence-electron chi connectivity index (χ3n) is 4.50. The lowest BCUT2D eigenvalue weighted by Crippen LogP contribution is -2.09. The number of rotatable bonds is 2. The zero-order chi connectivity index (χ0) is 16.7. The van der Waals surface area contributed by atoms with Gasteiger partial charge in [-0.1, -0.05) is 18.2 Å². The van der Waals surface area contributed by atoms with E-state index in [-0.39, 0.29) is 12.4 Å². The van der Waals surface area contributed by atoms with Crippen LogP contribution >= 0.6 is 12.4 Å². The second-order valence-corrected chi connectivity index (χ2v) is 6.05. The van der Waals surface area contributed by atoms with Crippen LogP contribution in [0.4, 0.5) is 13.2 Å². The van der Waals surface area contributed by atoms with E-state index < -0.39 is 11.7 Å². The Labute approximate surface area is 149 Å². The molecule has 4 rings (SSSR count). The van der Waals surface area contributed by atoms with Crippen molar-refractivity contribution < 1.29 is 13.2 Å². The molecule has 1 atom stereocenters. The zero-order valence-corrected chi connectivity index (χ0v) is 14.1. The number of hydrogen-bond donors (Lipinski definition) is 1. The molecule has 0 radical (unpaired) electrons. The highest BCUT2D eigenvalue weighted by Gasteiger charge is 2.30. The quantitative estimate of drug-likeness (QED) is 0.720. The number of fused-ring (bicyclic) bond motifs is 1. The van der Waals surface area contributed by atoms with Crippen LogP contribution in [0.15, 0.2) is 48.5 Å². The first-order valence-corrected chi connectivity index (χ1v) is 7.90. The summed E-state index contributed by atoms with van der Waals surface area (Å²) in [6, 6.07) is 13.0. The second kappa shape index (κ2) is 6.69. The summed E-state index contributed by atoms with van der Waals surface area (Å²) in [4.78, 5) is 0. The van der Waals surface area contributed by atoms with Crippen LogP contribution in [-0.2, 0) is 6.18 Å². The van der Waals surface area contributed by atoms with E-state index in [1.54, 1.807) is 4.68 Å². The molecule has 0 spiro atoms. The summed E-state index contributed by atoms with van der Waals surface area (Å²) in [5, 5.41) is 9.12.